The van der Waals surface area contributed by atoms with Gasteiger partial charge in [-0.05, 0) is 37.3 Å². The van der Waals surface area contributed by atoms with Crippen molar-refractivity contribution in [2.75, 3.05) is 25.5 Å². The quantitative estimate of drug-likeness (QED) is 0.419. The third kappa shape index (κ3) is 3.83. The first-order chi connectivity index (χ1) is 13.9. The molecule has 0 atom stereocenters. The lowest BCUT2D eigenvalue weighted by atomic mass is 9.83. The van der Waals surface area contributed by atoms with E-state index in [1.807, 2.05) is 25.1 Å². The van der Waals surface area contributed by atoms with Crippen molar-refractivity contribution in [1.29, 1.82) is 0 Å². The van der Waals surface area contributed by atoms with Crippen LogP contribution in [-0.2, 0) is 16.9 Å². The van der Waals surface area contributed by atoms with Gasteiger partial charge in [0.1, 0.15) is 12.1 Å². The molecule has 0 bridgehead atoms. The van der Waals surface area contributed by atoms with Gasteiger partial charge >= 0.3 is 0 Å². The SMILES string of the molecule is CO.Cc1c2ccc(NC3(c4c(F)ccc(Cl)c4Cl)CNC3)cc2nn1CC=O. The molecule has 0 unspecified atom stereocenters. The van der Waals surface area contributed by atoms with Gasteiger partial charge in [-0.1, -0.05) is 23.2 Å². The number of benzene rings is 2. The summed E-state index contributed by atoms with van der Waals surface area (Å²) in [5.41, 5.74) is 2.14. The summed E-state index contributed by atoms with van der Waals surface area (Å²) in [6.45, 7) is 3.16. The molecule has 0 spiro atoms. The Morgan fingerprint density at radius 3 is 2.66 bits per heavy atom. The standard InChI is InChI=1S/C19H17Cl2FN4O.CH4O/c1-11-13-3-2-12(8-16(13)25-26(11)6-7-27)24-19(9-23-10-19)17-15(22)5-4-14(20)18(17)21;1-2/h2-5,7-8,23-24H,6,9-10H2,1H3;2H,1H3. The molecule has 3 aromatic rings. The van der Waals surface area contributed by atoms with Crippen molar-refractivity contribution in [3.05, 3.63) is 57.5 Å². The highest BCUT2D eigenvalue weighted by Crippen LogP contribution is 2.40. The highest BCUT2D eigenvalue weighted by atomic mass is 35.5. The van der Waals surface area contributed by atoms with E-state index in [2.05, 4.69) is 15.7 Å². The molecule has 1 fully saturated rings. The Hall–Kier alpha value is -2.19. The molecule has 154 valence electrons. The summed E-state index contributed by atoms with van der Waals surface area (Å²) in [6, 6.07) is 8.53. The Labute approximate surface area is 177 Å². The molecule has 0 amide bonds. The number of fused-ring (bicyclic) bond motifs is 1. The van der Waals surface area contributed by atoms with Crippen molar-refractivity contribution < 1.29 is 14.3 Å². The first-order valence-electron chi connectivity index (χ1n) is 8.93. The van der Waals surface area contributed by atoms with Gasteiger partial charge in [0.05, 0.1) is 27.6 Å². The lowest BCUT2D eigenvalue weighted by molar-refractivity contribution is -0.108. The molecule has 29 heavy (non-hydrogen) atoms. The minimum atomic E-state index is -0.694. The molecular weight excluding hydrogens is 418 g/mol. The largest absolute Gasteiger partial charge is 0.400 e. The van der Waals surface area contributed by atoms with E-state index >= 15 is 0 Å². The van der Waals surface area contributed by atoms with Gasteiger partial charge in [0.2, 0.25) is 0 Å². The van der Waals surface area contributed by atoms with Crippen LogP contribution in [0, 0.1) is 12.7 Å². The summed E-state index contributed by atoms with van der Waals surface area (Å²) in [6.07, 6.45) is 0.816. The zero-order valence-corrected chi connectivity index (χ0v) is 17.5. The van der Waals surface area contributed by atoms with Crippen LogP contribution >= 0.6 is 23.2 Å². The number of aliphatic hydroxyl groups is 1. The molecule has 1 aliphatic rings. The summed E-state index contributed by atoms with van der Waals surface area (Å²) in [4.78, 5) is 10.8. The summed E-state index contributed by atoms with van der Waals surface area (Å²) in [7, 11) is 1.00. The second-order valence-electron chi connectivity index (χ2n) is 6.69. The molecule has 9 heteroatoms. The Kier molecular flexibility index (Phi) is 6.43. The van der Waals surface area contributed by atoms with Crippen LogP contribution in [0.15, 0.2) is 30.3 Å². The van der Waals surface area contributed by atoms with E-state index in [-0.39, 0.29) is 11.6 Å². The van der Waals surface area contributed by atoms with Gasteiger partial charge in [-0.25, -0.2) is 4.39 Å². The van der Waals surface area contributed by atoms with Gasteiger partial charge in [0.25, 0.3) is 0 Å². The molecule has 2 heterocycles. The van der Waals surface area contributed by atoms with E-state index in [1.54, 1.807) is 4.68 Å². The maximum Gasteiger partial charge on any atom is 0.141 e. The number of halogens is 3. The van der Waals surface area contributed by atoms with Crippen molar-refractivity contribution in [2.45, 2.75) is 19.0 Å². The predicted molar refractivity (Wildman–Crippen MR) is 113 cm³/mol. The van der Waals surface area contributed by atoms with Crippen molar-refractivity contribution in [1.82, 2.24) is 15.1 Å². The average molecular weight is 439 g/mol. The topological polar surface area (TPSA) is 79.2 Å². The van der Waals surface area contributed by atoms with E-state index in [0.29, 0.717) is 23.7 Å². The fraction of sp³-hybridized carbons (Fsp3) is 0.300. The lowest BCUT2D eigenvalue weighted by Crippen LogP contribution is -2.62. The molecule has 2 aromatic carbocycles. The maximum absolute atomic E-state index is 14.6. The molecule has 1 aromatic heterocycles. The van der Waals surface area contributed by atoms with Crippen LogP contribution in [-0.4, -0.2) is 41.4 Å². The summed E-state index contributed by atoms with van der Waals surface area (Å²) in [5, 5.41) is 19.6. The van der Waals surface area contributed by atoms with E-state index in [4.69, 9.17) is 28.3 Å². The second kappa shape index (κ2) is 8.67. The van der Waals surface area contributed by atoms with Gasteiger partial charge in [0.15, 0.2) is 0 Å². The Morgan fingerprint density at radius 1 is 1.31 bits per heavy atom. The number of anilines is 1. The molecule has 0 aliphatic carbocycles. The van der Waals surface area contributed by atoms with Gasteiger partial charge in [-0.3, -0.25) is 4.68 Å². The highest BCUT2D eigenvalue weighted by molar-refractivity contribution is 6.42. The third-order valence-electron chi connectivity index (χ3n) is 5.01. The number of nitrogens with one attached hydrogen (secondary N) is 2. The maximum atomic E-state index is 14.6. The van der Waals surface area contributed by atoms with E-state index in [0.717, 1.165) is 35.7 Å². The van der Waals surface area contributed by atoms with Crippen LogP contribution in [0.2, 0.25) is 10.0 Å². The van der Waals surface area contributed by atoms with Crippen LogP contribution < -0.4 is 10.6 Å². The van der Waals surface area contributed by atoms with E-state index < -0.39 is 11.4 Å². The van der Waals surface area contributed by atoms with E-state index in [1.165, 1.54) is 12.1 Å². The number of carbonyl (C=O) groups excluding carboxylic acids is 1. The summed E-state index contributed by atoms with van der Waals surface area (Å²) < 4.78 is 16.2. The minimum absolute atomic E-state index is 0.209. The number of carbonyl (C=O) groups is 1. The zero-order valence-electron chi connectivity index (χ0n) is 16.0. The lowest BCUT2D eigenvalue weighted by Gasteiger charge is -2.45. The van der Waals surface area contributed by atoms with Crippen molar-refractivity contribution >= 4 is 46.1 Å². The molecule has 0 saturated carbocycles. The molecule has 6 nitrogen and oxygen atoms in total. The molecule has 1 aliphatic heterocycles. The van der Waals surface area contributed by atoms with Crippen molar-refractivity contribution in [3.63, 3.8) is 0 Å². The Morgan fingerprint density at radius 2 is 2.03 bits per heavy atom. The number of aldehydes is 1. The number of rotatable bonds is 5. The first-order valence-corrected chi connectivity index (χ1v) is 9.69. The van der Waals surface area contributed by atoms with Crippen LogP contribution in [0.1, 0.15) is 11.3 Å². The van der Waals surface area contributed by atoms with Gasteiger partial charge in [-0.15, -0.1) is 0 Å². The van der Waals surface area contributed by atoms with Gasteiger partial charge < -0.3 is 20.5 Å². The van der Waals surface area contributed by atoms with Gasteiger partial charge in [-0.2, -0.15) is 5.10 Å². The Balaban J connectivity index is 0.00000117. The number of nitrogens with zero attached hydrogens (tertiary/aromatic N) is 2. The Bertz CT molecular complexity index is 1050. The average Bonchev–Trinajstić information content (AvgIpc) is 3.00. The predicted octanol–water partition coefficient (Wildman–Crippen LogP) is 3.51. The summed E-state index contributed by atoms with van der Waals surface area (Å²) in [5.74, 6) is -0.398. The number of hydrogen-bond acceptors (Lipinski definition) is 5. The highest BCUT2D eigenvalue weighted by Gasteiger charge is 2.43. The first kappa shape index (κ1) is 21.5. The molecule has 4 rings (SSSR count). The number of aliphatic hydroxyl groups excluding tert-OH is 1. The monoisotopic (exact) mass is 438 g/mol. The smallest absolute Gasteiger partial charge is 0.141 e. The molecular formula is C20H21Cl2FN4O2. The molecule has 0 radical (unpaired) electrons. The fourth-order valence-corrected chi connectivity index (χ4v) is 4.03. The third-order valence-corrected chi connectivity index (χ3v) is 5.81. The van der Waals surface area contributed by atoms with E-state index in [9.17, 15) is 9.18 Å². The normalized spacial score (nSPS) is 14.7. The van der Waals surface area contributed by atoms with Crippen LogP contribution in [0.25, 0.3) is 10.9 Å². The fourth-order valence-electron chi connectivity index (χ4n) is 3.54. The van der Waals surface area contributed by atoms with Crippen LogP contribution in [0.5, 0.6) is 0 Å². The van der Waals surface area contributed by atoms with Crippen molar-refractivity contribution in [3.8, 4) is 0 Å². The number of hydrogen-bond donors (Lipinski definition) is 3. The summed E-state index contributed by atoms with van der Waals surface area (Å²) >= 11 is 12.4. The number of aromatic nitrogens is 2. The van der Waals surface area contributed by atoms with Crippen molar-refractivity contribution in [2.24, 2.45) is 0 Å². The zero-order chi connectivity index (χ0) is 21.2. The second-order valence-corrected chi connectivity index (χ2v) is 7.48. The van der Waals surface area contributed by atoms with Crippen LogP contribution in [0.3, 0.4) is 0 Å². The molecule has 1 saturated heterocycles. The molecule has 3 N–H and O–H groups in total. The van der Waals surface area contributed by atoms with Crippen LogP contribution in [0.4, 0.5) is 10.1 Å². The number of aryl methyl sites for hydroxylation is 1. The minimum Gasteiger partial charge on any atom is -0.400 e. The van der Waals surface area contributed by atoms with Gasteiger partial charge in [0, 0.05) is 42.5 Å².